The highest BCUT2D eigenvalue weighted by Gasteiger charge is 2.21. The summed E-state index contributed by atoms with van der Waals surface area (Å²) in [4.78, 5) is 3.46. The van der Waals surface area contributed by atoms with Crippen molar-refractivity contribution in [3.05, 3.63) is 48.2 Å². The van der Waals surface area contributed by atoms with Crippen LogP contribution < -0.4 is 9.46 Å². The number of halogens is 2. The molecule has 0 saturated carbocycles. The predicted octanol–water partition coefficient (Wildman–Crippen LogP) is 2.17. The maximum absolute atomic E-state index is 13.5. The Balaban J connectivity index is 2.34. The molecule has 0 atom stereocenters. The molecule has 0 aliphatic carbocycles. The first-order chi connectivity index (χ1) is 9.44. The Labute approximate surface area is 114 Å². The minimum absolute atomic E-state index is 0.0306. The quantitative estimate of drug-likeness (QED) is 0.939. The molecule has 1 aromatic carbocycles. The molecule has 2 rings (SSSR count). The standard InChI is InChI=1S/C12H10F2N2O3S/c1-19-11-5-4-8(7-10(11)14)16-20(17,18)12-9(13)3-2-6-15-12/h2-7,16H,1H3. The van der Waals surface area contributed by atoms with Crippen molar-refractivity contribution >= 4 is 15.7 Å². The molecule has 1 N–H and O–H groups in total. The van der Waals surface area contributed by atoms with Crippen LogP contribution in [-0.4, -0.2) is 20.5 Å². The fourth-order valence-corrected chi connectivity index (χ4v) is 2.56. The van der Waals surface area contributed by atoms with E-state index in [9.17, 15) is 17.2 Å². The lowest BCUT2D eigenvalue weighted by Gasteiger charge is -2.09. The molecular formula is C12H10F2N2O3S. The highest BCUT2D eigenvalue weighted by molar-refractivity contribution is 7.92. The fourth-order valence-electron chi connectivity index (χ4n) is 1.50. The maximum Gasteiger partial charge on any atom is 0.282 e. The van der Waals surface area contributed by atoms with E-state index in [1.165, 1.54) is 25.3 Å². The summed E-state index contributed by atoms with van der Waals surface area (Å²) in [6, 6.07) is 5.71. The van der Waals surface area contributed by atoms with Crippen molar-refractivity contribution in [2.75, 3.05) is 11.8 Å². The number of sulfonamides is 1. The molecule has 0 bridgehead atoms. The number of pyridine rings is 1. The third-order valence-electron chi connectivity index (χ3n) is 2.38. The Morgan fingerprint density at radius 1 is 1.20 bits per heavy atom. The van der Waals surface area contributed by atoms with Gasteiger partial charge in [0.25, 0.3) is 10.0 Å². The summed E-state index contributed by atoms with van der Waals surface area (Å²) >= 11 is 0. The number of benzene rings is 1. The van der Waals surface area contributed by atoms with Crippen LogP contribution in [0.2, 0.25) is 0 Å². The molecule has 0 spiro atoms. The highest BCUT2D eigenvalue weighted by atomic mass is 32.2. The van der Waals surface area contributed by atoms with Gasteiger partial charge in [0.15, 0.2) is 17.4 Å². The number of nitrogens with zero attached hydrogens (tertiary/aromatic N) is 1. The molecule has 0 radical (unpaired) electrons. The van der Waals surface area contributed by atoms with E-state index in [1.807, 2.05) is 4.72 Å². The van der Waals surface area contributed by atoms with Gasteiger partial charge in [0.1, 0.15) is 0 Å². The SMILES string of the molecule is COc1ccc(NS(=O)(=O)c2ncccc2F)cc1F. The lowest BCUT2D eigenvalue weighted by atomic mass is 10.3. The Bertz CT molecular complexity index is 735. The number of hydrogen-bond donors (Lipinski definition) is 1. The molecular weight excluding hydrogens is 290 g/mol. The third kappa shape index (κ3) is 2.85. The minimum Gasteiger partial charge on any atom is -0.494 e. The Morgan fingerprint density at radius 2 is 1.95 bits per heavy atom. The second kappa shape index (κ2) is 5.41. The Morgan fingerprint density at radius 3 is 2.55 bits per heavy atom. The van der Waals surface area contributed by atoms with Crippen LogP contribution in [0.5, 0.6) is 5.75 Å². The number of ether oxygens (including phenoxy) is 1. The van der Waals surface area contributed by atoms with Gasteiger partial charge < -0.3 is 4.74 Å². The maximum atomic E-state index is 13.5. The lowest BCUT2D eigenvalue weighted by Crippen LogP contribution is -2.16. The predicted molar refractivity (Wildman–Crippen MR) is 68.0 cm³/mol. The molecule has 0 unspecified atom stereocenters. The van der Waals surface area contributed by atoms with Gasteiger partial charge in [0, 0.05) is 12.3 Å². The molecule has 0 amide bonds. The summed E-state index contributed by atoms with van der Waals surface area (Å²) in [5.41, 5.74) is -0.0617. The van der Waals surface area contributed by atoms with Crippen molar-refractivity contribution in [3.8, 4) is 5.75 Å². The fraction of sp³-hybridized carbons (Fsp3) is 0.0833. The van der Waals surface area contributed by atoms with Gasteiger partial charge in [-0.2, -0.15) is 8.42 Å². The van der Waals surface area contributed by atoms with Gasteiger partial charge in [-0.05, 0) is 24.3 Å². The van der Waals surface area contributed by atoms with Gasteiger partial charge in [0.2, 0.25) is 5.03 Å². The van der Waals surface area contributed by atoms with E-state index in [1.54, 1.807) is 0 Å². The van der Waals surface area contributed by atoms with Crippen LogP contribution in [-0.2, 0) is 10.0 Å². The lowest BCUT2D eigenvalue weighted by molar-refractivity contribution is 0.386. The summed E-state index contributed by atoms with van der Waals surface area (Å²) in [5.74, 6) is -1.76. The average Bonchev–Trinajstić information content (AvgIpc) is 2.38. The van der Waals surface area contributed by atoms with Crippen LogP contribution in [0, 0.1) is 11.6 Å². The second-order valence-electron chi connectivity index (χ2n) is 3.75. The molecule has 5 nitrogen and oxygen atoms in total. The molecule has 0 aliphatic heterocycles. The smallest absolute Gasteiger partial charge is 0.282 e. The number of rotatable bonds is 4. The highest BCUT2D eigenvalue weighted by Crippen LogP contribution is 2.23. The molecule has 8 heteroatoms. The molecule has 2 aromatic rings. The zero-order chi connectivity index (χ0) is 14.8. The molecule has 20 heavy (non-hydrogen) atoms. The van der Waals surface area contributed by atoms with Crippen LogP contribution in [0.25, 0.3) is 0 Å². The first kappa shape index (κ1) is 14.2. The van der Waals surface area contributed by atoms with Gasteiger partial charge in [-0.15, -0.1) is 0 Å². The number of hydrogen-bond acceptors (Lipinski definition) is 4. The Hall–Kier alpha value is -2.22. The van der Waals surface area contributed by atoms with Gasteiger partial charge in [-0.1, -0.05) is 0 Å². The van der Waals surface area contributed by atoms with Crippen molar-refractivity contribution in [1.82, 2.24) is 4.98 Å². The van der Waals surface area contributed by atoms with Crippen molar-refractivity contribution in [1.29, 1.82) is 0 Å². The van der Waals surface area contributed by atoms with Gasteiger partial charge in [0.05, 0.1) is 12.8 Å². The molecule has 0 aliphatic rings. The van der Waals surface area contributed by atoms with E-state index in [0.29, 0.717) is 0 Å². The van der Waals surface area contributed by atoms with Crippen LogP contribution in [0.3, 0.4) is 0 Å². The summed E-state index contributed by atoms with van der Waals surface area (Å²) < 4.78 is 57.5. The first-order valence-corrected chi connectivity index (χ1v) is 6.89. The van der Waals surface area contributed by atoms with E-state index < -0.39 is 26.7 Å². The van der Waals surface area contributed by atoms with E-state index in [4.69, 9.17) is 4.74 Å². The number of nitrogens with one attached hydrogen (secondary N) is 1. The minimum atomic E-state index is -4.22. The van der Waals surface area contributed by atoms with Gasteiger partial charge >= 0.3 is 0 Å². The number of methoxy groups -OCH3 is 1. The molecule has 0 saturated heterocycles. The molecule has 106 valence electrons. The Kier molecular flexibility index (Phi) is 3.84. The van der Waals surface area contributed by atoms with Crippen LogP contribution in [0.15, 0.2) is 41.6 Å². The van der Waals surface area contributed by atoms with E-state index in [2.05, 4.69) is 4.98 Å². The normalized spacial score (nSPS) is 11.2. The van der Waals surface area contributed by atoms with E-state index in [0.717, 1.165) is 18.3 Å². The second-order valence-corrected chi connectivity index (χ2v) is 5.34. The van der Waals surface area contributed by atoms with Crippen molar-refractivity contribution in [2.24, 2.45) is 0 Å². The van der Waals surface area contributed by atoms with Gasteiger partial charge in [-0.3, -0.25) is 4.72 Å². The summed E-state index contributed by atoms with van der Waals surface area (Å²) in [6.45, 7) is 0. The zero-order valence-corrected chi connectivity index (χ0v) is 11.1. The third-order valence-corrected chi connectivity index (χ3v) is 3.70. The van der Waals surface area contributed by atoms with Crippen LogP contribution in [0.1, 0.15) is 0 Å². The largest absolute Gasteiger partial charge is 0.494 e. The monoisotopic (exact) mass is 300 g/mol. The molecule has 1 heterocycles. The number of anilines is 1. The molecule has 0 fully saturated rings. The summed E-state index contributed by atoms with van der Waals surface area (Å²) in [5, 5.41) is -0.753. The molecule has 1 aromatic heterocycles. The average molecular weight is 300 g/mol. The van der Waals surface area contributed by atoms with Crippen molar-refractivity contribution < 1.29 is 21.9 Å². The summed E-state index contributed by atoms with van der Waals surface area (Å²) in [6.07, 6.45) is 1.15. The van der Waals surface area contributed by atoms with E-state index >= 15 is 0 Å². The number of aromatic nitrogens is 1. The van der Waals surface area contributed by atoms with Crippen LogP contribution >= 0.6 is 0 Å². The first-order valence-electron chi connectivity index (χ1n) is 5.41. The zero-order valence-electron chi connectivity index (χ0n) is 10.3. The van der Waals surface area contributed by atoms with E-state index in [-0.39, 0.29) is 11.4 Å². The van der Waals surface area contributed by atoms with Crippen molar-refractivity contribution in [3.63, 3.8) is 0 Å². The van der Waals surface area contributed by atoms with Crippen LogP contribution in [0.4, 0.5) is 14.5 Å². The van der Waals surface area contributed by atoms with Gasteiger partial charge in [-0.25, -0.2) is 13.8 Å². The topological polar surface area (TPSA) is 68.3 Å². The summed E-state index contributed by atoms with van der Waals surface area (Å²) in [7, 11) is -2.94. The van der Waals surface area contributed by atoms with Crippen molar-refractivity contribution in [2.45, 2.75) is 5.03 Å².